The van der Waals surface area contributed by atoms with Gasteiger partial charge in [-0.15, -0.1) is 0 Å². The van der Waals surface area contributed by atoms with E-state index in [4.69, 9.17) is 9.47 Å². The predicted octanol–water partition coefficient (Wildman–Crippen LogP) is 5.98. The Morgan fingerprint density at radius 1 is 1.03 bits per heavy atom. The van der Waals surface area contributed by atoms with Crippen LogP contribution in [0, 0.1) is 5.82 Å². The Bertz CT molecular complexity index is 1310. The number of aliphatic hydroxyl groups is 1. The summed E-state index contributed by atoms with van der Waals surface area (Å²) in [5.41, 5.74) is 2.16. The third-order valence-electron chi connectivity index (χ3n) is 6.19. The van der Waals surface area contributed by atoms with Crippen LogP contribution < -0.4 is 14.4 Å². The molecule has 6 nitrogen and oxygen atoms in total. The lowest BCUT2D eigenvalue weighted by molar-refractivity contribution is -0.132. The highest BCUT2D eigenvalue weighted by atomic mass is 19.1. The number of carbonyl (C=O) groups excluding carboxylic acids is 2. The summed E-state index contributed by atoms with van der Waals surface area (Å²) < 4.78 is 24.6. The van der Waals surface area contributed by atoms with E-state index in [0.29, 0.717) is 34.9 Å². The minimum Gasteiger partial charge on any atom is -0.507 e. The van der Waals surface area contributed by atoms with Gasteiger partial charge in [-0.05, 0) is 78.6 Å². The second-order valence-electron chi connectivity index (χ2n) is 8.76. The Morgan fingerprint density at radius 2 is 1.69 bits per heavy atom. The summed E-state index contributed by atoms with van der Waals surface area (Å²) in [6.07, 6.45) is 0. The fourth-order valence-electron chi connectivity index (χ4n) is 4.39. The molecule has 1 N–H and O–H groups in total. The molecular weight excluding hydrogens is 461 g/mol. The Labute approximate surface area is 209 Å². The minimum absolute atomic E-state index is 0.0478. The molecule has 0 saturated carbocycles. The quantitative estimate of drug-likeness (QED) is 0.251. The average Bonchev–Trinajstić information content (AvgIpc) is 3.14. The van der Waals surface area contributed by atoms with E-state index in [0.717, 1.165) is 5.56 Å². The van der Waals surface area contributed by atoms with Gasteiger partial charge in [0.2, 0.25) is 0 Å². The van der Waals surface area contributed by atoms with E-state index in [2.05, 4.69) is 0 Å². The van der Waals surface area contributed by atoms with Crippen molar-refractivity contribution in [3.8, 4) is 11.5 Å². The first kappa shape index (κ1) is 25.0. The summed E-state index contributed by atoms with van der Waals surface area (Å²) in [4.78, 5) is 27.9. The number of benzene rings is 3. The summed E-state index contributed by atoms with van der Waals surface area (Å²) in [6, 6.07) is 16.5. The van der Waals surface area contributed by atoms with Crippen LogP contribution in [0.2, 0.25) is 0 Å². The van der Waals surface area contributed by atoms with Crippen LogP contribution in [0.15, 0.2) is 72.3 Å². The predicted molar refractivity (Wildman–Crippen MR) is 136 cm³/mol. The highest BCUT2D eigenvalue weighted by Gasteiger charge is 2.47. The Balaban J connectivity index is 1.92. The molecule has 0 radical (unpaired) electrons. The number of rotatable bonds is 7. The number of amides is 1. The Morgan fingerprint density at radius 3 is 2.28 bits per heavy atom. The lowest BCUT2D eigenvalue weighted by Crippen LogP contribution is -2.29. The van der Waals surface area contributed by atoms with Gasteiger partial charge in [0.1, 0.15) is 23.1 Å². The fourth-order valence-corrected chi connectivity index (χ4v) is 4.39. The van der Waals surface area contributed by atoms with Gasteiger partial charge in [0.15, 0.2) is 0 Å². The lowest BCUT2D eigenvalue weighted by atomic mass is 9.93. The molecule has 186 valence electrons. The standard InChI is InChI=1S/C29H28FNO5/c1-5-36-24-15-8-19(16-23(24)17(2)3)27(32)25-26(18-6-13-22(35-4)14-7-18)31(29(34)28(25)33)21-11-9-20(30)10-12-21/h6-17,26,32H,5H2,1-4H3/b27-25-. The number of Topliss-reactive ketones (excluding diaryl/α,β-unsaturated/α-hetero) is 1. The van der Waals surface area contributed by atoms with Gasteiger partial charge in [-0.3, -0.25) is 14.5 Å². The number of nitrogens with zero attached hydrogens (tertiary/aromatic N) is 1. The molecule has 3 aromatic rings. The molecule has 0 bridgehead atoms. The second kappa shape index (κ2) is 10.2. The molecule has 4 rings (SSSR count). The van der Waals surface area contributed by atoms with Crippen LogP contribution >= 0.6 is 0 Å². The van der Waals surface area contributed by atoms with E-state index in [-0.39, 0.29) is 17.3 Å². The van der Waals surface area contributed by atoms with Crippen molar-refractivity contribution in [2.24, 2.45) is 0 Å². The molecular formula is C29H28FNO5. The van der Waals surface area contributed by atoms with Gasteiger partial charge in [0, 0.05) is 11.3 Å². The van der Waals surface area contributed by atoms with Crippen LogP contribution in [0.1, 0.15) is 49.4 Å². The summed E-state index contributed by atoms with van der Waals surface area (Å²) in [7, 11) is 1.54. The number of carbonyl (C=O) groups is 2. The summed E-state index contributed by atoms with van der Waals surface area (Å²) in [5, 5.41) is 11.4. The van der Waals surface area contributed by atoms with Crippen molar-refractivity contribution in [2.75, 3.05) is 18.6 Å². The van der Waals surface area contributed by atoms with Crippen molar-refractivity contribution >= 4 is 23.1 Å². The number of halogens is 1. The van der Waals surface area contributed by atoms with E-state index in [1.807, 2.05) is 20.8 Å². The van der Waals surface area contributed by atoms with Gasteiger partial charge < -0.3 is 14.6 Å². The van der Waals surface area contributed by atoms with Gasteiger partial charge in [0.05, 0.1) is 25.3 Å². The fraction of sp³-hybridized carbons (Fsp3) is 0.241. The molecule has 0 aliphatic carbocycles. The van der Waals surface area contributed by atoms with Crippen molar-refractivity contribution < 1.29 is 28.6 Å². The molecule has 1 aliphatic heterocycles. The van der Waals surface area contributed by atoms with Crippen LogP contribution in [0.4, 0.5) is 10.1 Å². The van der Waals surface area contributed by atoms with E-state index in [9.17, 15) is 19.1 Å². The summed E-state index contributed by atoms with van der Waals surface area (Å²) >= 11 is 0. The van der Waals surface area contributed by atoms with E-state index < -0.39 is 23.5 Å². The lowest BCUT2D eigenvalue weighted by Gasteiger charge is -2.25. The molecule has 36 heavy (non-hydrogen) atoms. The van der Waals surface area contributed by atoms with Gasteiger partial charge >= 0.3 is 0 Å². The summed E-state index contributed by atoms with van der Waals surface area (Å²) in [5.74, 6) is -0.987. The molecule has 1 heterocycles. The van der Waals surface area contributed by atoms with Crippen molar-refractivity contribution in [2.45, 2.75) is 32.7 Å². The number of hydrogen-bond acceptors (Lipinski definition) is 5. The van der Waals surface area contributed by atoms with E-state index >= 15 is 0 Å². The number of anilines is 1. The van der Waals surface area contributed by atoms with Crippen LogP contribution in [-0.2, 0) is 9.59 Å². The van der Waals surface area contributed by atoms with Crippen molar-refractivity contribution in [3.63, 3.8) is 0 Å². The maximum absolute atomic E-state index is 13.6. The largest absolute Gasteiger partial charge is 0.507 e. The molecule has 3 aromatic carbocycles. The molecule has 1 atom stereocenters. The van der Waals surface area contributed by atoms with Crippen molar-refractivity contribution in [1.82, 2.24) is 0 Å². The van der Waals surface area contributed by atoms with Gasteiger partial charge in [0.25, 0.3) is 11.7 Å². The number of ketones is 1. The number of ether oxygens (including phenoxy) is 2. The van der Waals surface area contributed by atoms with Crippen LogP contribution in [0.25, 0.3) is 5.76 Å². The molecule has 1 aliphatic rings. The molecule has 1 saturated heterocycles. The zero-order chi connectivity index (χ0) is 26.0. The minimum atomic E-state index is -0.921. The van der Waals surface area contributed by atoms with E-state index in [1.54, 1.807) is 42.5 Å². The highest BCUT2D eigenvalue weighted by Crippen LogP contribution is 2.43. The monoisotopic (exact) mass is 489 g/mol. The van der Waals surface area contributed by atoms with Crippen molar-refractivity contribution in [1.29, 1.82) is 0 Å². The van der Waals surface area contributed by atoms with Crippen LogP contribution in [0.5, 0.6) is 11.5 Å². The molecule has 1 fully saturated rings. The number of aliphatic hydroxyl groups excluding tert-OH is 1. The third-order valence-corrected chi connectivity index (χ3v) is 6.19. The topological polar surface area (TPSA) is 76.1 Å². The first-order chi connectivity index (χ1) is 17.3. The molecule has 1 amide bonds. The van der Waals surface area contributed by atoms with Crippen molar-refractivity contribution in [3.05, 3.63) is 94.8 Å². The van der Waals surface area contributed by atoms with Gasteiger partial charge in [-0.1, -0.05) is 26.0 Å². The zero-order valence-electron chi connectivity index (χ0n) is 20.6. The number of hydrogen-bond donors (Lipinski definition) is 1. The zero-order valence-corrected chi connectivity index (χ0v) is 20.6. The Hall–Kier alpha value is -4.13. The van der Waals surface area contributed by atoms with E-state index in [1.165, 1.54) is 36.3 Å². The SMILES string of the molecule is CCOc1ccc(/C(O)=C2/C(=O)C(=O)N(c3ccc(F)cc3)C2c2ccc(OC)cc2)cc1C(C)C. The maximum atomic E-state index is 13.6. The first-order valence-electron chi connectivity index (χ1n) is 11.7. The average molecular weight is 490 g/mol. The molecule has 0 aromatic heterocycles. The van der Waals surface area contributed by atoms with Crippen LogP contribution in [-0.4, -0.2) is 30.5 Å². The summed E-state index contributed by atoms with van der Waals surface area (Å²) in [6.45, 7) is 6.40. The van der Waals surface area contributed by atoms with Crippen LogP contribution in [0.3, 0.4) is 0 Å². The second-order valence-corrected chi connectivity index (χ2v) is 8.76. The smallest absolute Gasteiger partial charge is 0.300 e. The molecule has 0 spiro atoms. The molecule has 7 heteroatoms. The van der Waals surface area contributed by atoms with Gasteiger partial charge in [-0.2, -0.15) is 0 Å². The third kappa shape index (κ3) is 4.56. The maximum Gasteiger partial charge on any atom is 0.300 e. The highest BCUT2D eigenvalue weighted by molar-refractivity contribution is 6.51. The normalized spacial score (nSPS) is 17.1. The Kier molecular flexibility index (Phi) is 7.10. The molecule has 1 unspecified atom stereocenters. The van der Waals surface area contributed by atoms with Gasteiger partial charge in [-0.25, -0.2) is 4.39 Å². The number of methoxy groups -OCH3 is 1. The first-order valence-corrected chi connectivity index (χ1v) is 11.7.